The van der Waals surface area contributed by atoms with Crippen molar-refractivity contribution < 1.29 is 0 Å². The van der Waals surface area contributed by atoms with Crippen LogP contribution in [0.3, 0.4) is 0 Å². The van der Waals surface area contributed by atoms with E-state index in [2.05, 4.69) is 35.6 Å². The summed E-state index contributed by atoms with van der Waals surface area (Å²) in [6.45, 7) is 6.78. The van der Waals surface area contributed by atoms with Gasteiger partial charge in [0.25, 0.3) is 0 Å². The van der Waals surface area contributed by atoms with Gasteiger partial charge in [-0.05, 0) is 39.7 Å². The number of hydrogen-bond acceptors (Lipinski definition) is 2. The molecule has 1 aromatic rings. The second-order valence-corrected chi connectivity index (χ2v) is 6.08. The molecule has 3 heteroatoms. The maximum atomic E-state index is 4.40. The van der Waals surface area contributed by atoms with E-state index in [0.717, 1.165) is 5.92 Å². The fourth-order valence-electron chi connectivity index (χ4n) is 3.21. The standard InChI is InChI=1S/C15H27N3/c1-5-12-8-6-7-9-13(12)18-11-17-10-14(18)15(2,3)16-4/h10-13,16H,5-9H2,1-4H3. The van der Waals surface area contributed by atoms with Crippen molar-refractivity contribution in [3.05, 3.63) is 18.2 Å². The maximum absolute atomic E-state index is 4.40. The lowest BCUT2D eigenvalue weighted by Crippen LogP contribution is -2.37. The van der Waals surface area contributed by atoms with Gasteiger partial charge in [-0.15, -0.1) is 0 Å². The van der Waals surface area contributed by atoms with Gasteiger partial charge < -0.3 is 9.88 Å². The SMILES string of the molecule is CCC1CCCCC1n1cncc1C(C)(C)NC. The molecule has 0 spiro atoms. The summed E-state index contributed by atoms with van der Waals surface area (Å²) in [7, 11) is 2.02. The third-order valence-corrected chi connectivity index (χ3v) is 4.68. The number of hydrogen-bond donors (Lipinski definition) is 1. The van der Waals surface area contributed by atoms with E-state index in [9.17, 15) is 0 Å². The average Bonchev–Trinajstić information content (AvgIpc) is 2.88. The highest BCUT2D eigenvalue weighted by molar-refractivity contribution is 5.12. The Bertz CT molecular complexity index is 381. The molecule has 1 N–H and O–H groups in total. The Morgan fingerprint density at radius 2 is 2.11 bits per heavy atom. The molecule has 0 amide bonds. The summed E-state index contributed by atoms with van der Waals surface area (Å²) < 4.78 is 2.43. The second-order valence-electron chi connectivity index (χ2n) is 6.08. The lowest BCUT2D eigenvalue weighted by molar-refractivity contribution is 0.219. The van der Waals surface area contributed by atoms with Gasteiger partial charge in [0, 0.05) is 6.04 Å². The van der Waals surface area contributed by atoms with Crippen molar-refractivity contribution in [2.75, 3.05) is 7.05 Å². The highest BCUT2D eigenvalue weighted by atomic mass is 15.1. The zero-order chi connectivity index (χ0) is 13.2. The molecule has 18 heavy (non-hydrogen) atoms. The molecule has 3 nitrogen and oxygen atoms in total. The summed E-state index contributed by atoms with van der Waals surface area (Å²) >= 11 is 0. The van der Waals surface area contributed by atoms with E-state index < -0.39 is 0 Å². The van der Waals surface area contributed by atoms with Crippen LogP contribution >= 0.6 is 0 Å². The highest BCUT2D eigenvalue weighted by Gasteiger charge is 2.30. The van der Waals surface area contributed by atoms with Crippen LogP contribution in [0.2, 0.25) is 0 Å². The van der Waals surface area contributed by atoms with Crippen molar-refractivity contribution in [3.8, 4) is 0 Å². The van der Waals surface area contributed by atoms with E-state index in [1.165, 1.54) is 37.8 Å². The van der Waals surface area contributed by atoms with Gasteiger partial charge >= 0.3 is 0 Å². The summed E-state index contributed by atoms with van der Waals surface area (Å²) in [6, 6.07) is 0.647. The molecule has 2 rings (SSSR count). The van der Waals surface area contributed by atoms with Crippen LogP contribution in [0.1, 0.15) is 64.6 Å². The number of nitrogens with one attached hydrogen (secondary N) is 1. The Morgan fingerprint density at radius 1 is 1.39 bits per heavy atom. The van der Waals surface area contributed by atoms with Crippen molar-refractivity contribution in [2.45, 2.75) is 64.5 Å². The molecule has 0 radical (unpaired) electrons. The minimum absolute atomic E-state index is 0.00770. The lowest BCUT2D eigenvalue weighted by atomic mass is 9.82. The molecule has 0 aromatic carbocycles. The van der Waals surface area contributed by atoms with E-state index >= 15 is 0 Å². The fourth-order valence-corrected chi connectivity index (χ4v) is 3.21. The van der Waals surface area contributed by atoms with Crippen molar-refractivity contribution in [1.29, 1.82) is 0 Å². The minimum atomic E-state index is -0.00770. The Labute approximate surface area is 111 Å². The van der Waals surface area contributed by atoms with Crippen LogP contribution in [0.5, 0.6) is 0 Å². The molecule has 1 aromatic heterocycles. The minimum Gasteiger partial charge on any atom is -0.330 e. The normalized spacial score (nSPS) is 25.3. The first-order valence-corrected chi connectivity index (χ1v) is 7.31. The molecule has 1 heterocycles. The molecule has 1 aliphatic rings. The molecule has 0 aliphatic heterocycles. The van der Waals surface area contributed by atoms with Crippen molar-refractivity contribution in [2.24, 2.45) is 5.92 Å². The molecule has 0 saturated heterocycles. The lowest BCUT2D eigenvalue weighted by Gasteiger charge is -2.36. The topological polar surface area (TPSA) is 29.9 Å². The van der Waals surface area contributed by atoms with Crippen LogP contribution in [-0.4, -0.2) is 16.6 Å². The van der Waals surface area contributed by atoms with E-state index in [-0.39, 0.29) is 5.54 Å². The summed E-state index contributed by atoms with van der Waals surface area (Å²) in [6.07, 6.45) is 10.8. The van der Waals surface area contributed by atoms with Gasteiger partial charge in [-0.3, -0.25) is 0 Å². The van der Waals surface area contributed by atoms with E-state index in [1.807, 2.05) is 19.6 Å². The number of aromatic nitrogens is 2. The first-order valence-electron chi connectivity index (χ1n) is 7.31. The van der Waals surface area contributed by atoms with Gasteiger partial charge in [0.1, 0.15) is 0 Å². The Balaban J connectivity index is 2.30. The van der Waals surface area contributed by atoms with Gasteiger partial charge in [0.15, 0.2) is 0 Å². The van der Waals surface area contributed by atoms with Crippen LogP contribution in [-0.2, 0) is 5.54 Å². The van der Waals surface area contributed by atoms with E-state index in [1.54, 1.807) is 0 Å². The van der Waals surface area contributed by atoms with Crippen LogP contribution in [0.25, 0.3) is 0 Å². The highest BCUT2D eigenvalue weighted by Crippen LogP contribution is 2.37. The zero-order valence-corrected chi connectivity index (χ0v) is 12.2. The van der Waals surface area contributed by atoms with Crippen LogP contribution in [0.4, 0.5) is 0 Å². The van der Waals surface area contributed by atoms with Crippen molar-refractivity contribution in [3.63, 3.8) is 0 Å². The average molecular weight is 249 g/mol. The predicted octanol–water partition coefficient (Wildman–Crippen LogP) is 3.48. The molecule has 2 atom stereocenters. The van der Waals surface area contributed by atoms with E-state index in [0.29, 0.717) is 6.04 Å². The molecular weight excluding hydrogens is 222 g/mol. The third kappa shape index (κ3) is 2.46. The number of imidazole rings is 1. The Hall–Kier alpha value is -0.830. The molecule has 1 aliphatic carbocycles. The van der Waals surface area contributed by atoms with Crippen molar-refractivity contribution in [1.82, 2.24) is 14.9 Å². The smallest absolute Gasteiger partial charge is 0.0951 e. The second kappa shape index (κ2) is 5.43. The fraction of sp³-hybridized carbons (Fsp3) is 0.800. The number of nitrogens with zero attached hydrogens (tertiary/aromatic N) is 2. The van der Waals surface area contributed by atoms with E-state index in [4.69, 9.17) is 0 Å². The number of rotatable bonds is 4. The quantitative estimate of drug-likeness (QED) is 0.885. The summed E-state index contributed by atoms with van der Waals surface area (Å²) in [5.41, 5.74) is 1.31. The molecule has 1 fully saturated rings. The summed E-state index contributed by atoms with van der Waals surface area (Å²) in [5.74, 6) is 0.819. The van der Waals surface area contributed by atoms with Gasteiger partial charge in [0.05, 0.1) is 23.8 Å². The zero-order valence-electron chi connectivity index (χ0n) is 12.2. The van der Waals surface area contributed by atoms with Crippen LogP contribution < -0.4 is 5.32 Å². The Morgan fingerprint density at radius 3 is 2.78 bits per heavy atom. The van der Waals surface area contributed by atoms with Gasteiger partial charge in [-0.25, -0.2) is 4.98 Å². The molecule has 2 unspecified atom stereocenters. The Kier molecular flexibility index (Phi) is 4.10. The molecule has 102 valence electrons. The van der Waals surface area contributed by atoms with Crippen LogP contribution in [0.15, 0.2) is 12.5 Å². The van der Waals surface area contributed by atoms with Gasteiger partial charge in [-0.1, -0.05) is 26.2 Å². The summed E-state index contributed by atoms with van der Waals surface area (Å²) in [5, 5.41) is 3.40. The van der Waals surface area contributed by atoms with Crippen molar-refractivity contribution >= 4 is 0 Å². The molecular formula is C15H27N3. The molecule has 1 saturated carbocycles. The molecule has 0 bridgehead atoms. The third-order valence-electron chi connectivity index (χ3n) is 4.68. The first kappa shape index (κ1) is 13.6. The monoisotopic (exact) mass is 249 g/mol. The van der Waals surface area contributed by atoms with Gasteiger partial charge in [0.2, 0.25) is 0 Å². The first-order chi connectivity index (χ1) is 8.60. The largest absolute Gasteiger partial charge is 0.330 e. The maximum Gasteiger partial charge on any atom is 0.0951 e. The summed E-state index contributed by atoms with van der Waals surface area (Å²) in [4.78, 5) is 4.40. The predicted molar refractivity (Wildman–Crippen MR) is 75.6 cm³/mol. The van der Waals surface area contributed by atoms with Crippen LogP contribution in [0, 0.1) is 5.92 Å². The van der Waals surface area contributed by atoms with Gasteiger partial charge in [-0.2, -0.15) is 0 Å².